The number of hydrogen-bond acceptors (Lipinski definition) is 8. The molecule has 2 fully saturated rings. The van der Waals surface area contributed by atoms with Crippen LogP contribution in [0.3, 0.4) is 0 Å². The van der Waals surface area contributed by atoms with E-state index in [2.05, 4.69) is 83.9 Å². The van der Waals surface area contributed by atoms with E-state index in [4.69, 9.17) is 5.73 Å². The minimum atomic E-state index is 0.278. The van der Waals surface area contributed by atoms with Gasteiger partial charge in [-0.1, -0.05) is 36.4 Å². The normalized spacial score (nSPS) is 18.3. The second kappa shape index (κ2) is 11.0. The molecule has 0 radical (unpaired) electrons. The van der Waals surface area contributed by atoms with Crippen LogP contribution in [0, 0.1) is 0 Å². The topological polar surface area (TPSA) is 101 Å². The summed E-state index contributed by atoms with van der Waals surface area (Å²) in [6.07, 6.45) is 8.38. The van der Waals surface area contributed by atoms with E-state index in [0.717, 1.165) is 54.4 Å². The van der Waals surface area contributed by atoms with E-state index in [1.54, 1.807) is 4.68 Å². The van der Waals surface area contributed by atoms with Crippen LogP contribution in [0.25, 0.3) is 17.1 Å². The number of nitrogen functional groups attached to an aromatic ring is 1. The largest absolute Gasteiger partial charge is 0.368 e. The molecule has 1 aliphatic carbocycles. The first-order valence-electron chi connectivity index (χ1n) is 14.7. The van der Waals surface area contributed by atoms with Gasteiger partial charge in [-0.25, -0.2) is 0 Å². The first kappa shape index (κ1) is 25.2. The number of piperidine rings is 1. The molecule has 40 heavy (non-hydrogen) atoms. The molecule has 0 saturated carbocycles. The van der Waals surface area contributed by atoms with Crippen molar-refractivity contribution in [2.24, 2.45) is 0 Å². The van der Waals surface area contributed by atoms with E-state index < -0.39 is 0 Å². The standard InChI is InChI=1S/C31H37N9/c32-30-34-31(37-40(30)28-20-24-8-5-7-23-6-1-2-9-27(23)29(24)36-35-28)33-25-12-10-22(11-13-25)21-38-18-14-26(15-19-38)39-16-3-4-17-39/h1-2,6,9-13,20,26H,3-5,7-8,14-19,21H2,(H3,32,33,34,37). The molecule has 0 spiro atoms. The molecule has 2 saturated heterocycles. The number of nitrogens with two attached hydrogens (primary N) is 1. The fourth-order valence-electron chi connectivity index (χ4n) is 6.55. The van der Waals surface area contributed by atoms with Gasteiger partial charge in [-0.3, -0.25) is 4.90 Å². The van der Waals surface area contributed by atoms with Gasteiger partial charge in [-0.2, -0.15) is 9.67 Å². The van der Waals surface area contributed by atoms with E-state index in [9.17, 15) is 0 Å². The molecule has 3 aliphatic rings. The molecule has 4 aromatic rings. The fraction of sp³-hybridized carbons (Fsp3) is 0.419. The molecule has 3 N–H and O–H groups in total. The number of likely N-dealkylation sites (tertiary alicyclic amines) is 2. The van der Waals surface area contributed by atoms with Gasteiger partial charge in [-0.05, 0) is 106 Å². The van der Waals surface area contributed by atoms with Gasteiger partial charge in [-0.15, -0.1) is 15.3 Å². The third kappa shape index (κ3) is 5.19. The Morgan fingerprint density at radius 1 is 0.850 bits per heavy atom. The number of aromatic nitrogens is 5. The maximum absolute atomic E-state index is 6.26. The van der Waals surface area contributed by atoms with Gasteiger partial charge in [0.05, 0.1) is 5.69 Å². The van der Waals surface area contributed by atoms with Crippen LogP contribution in [0.5, 0.6) is 0 Å². The lowest BCUT2D eigenvalue weighted by Gasteiger charge is -2.36. The zero-order chi connectivity index (χ0) is 26.9. The molecule has 0 bridgehead atoms. The van der Waals surface area contributed by atoms with Crippen LogP contribution in [0.1, 0.15) is 48.8 Å². The number of aryl methyl sites for hydroxylation is 2. The summed E-state index contributed by atoms with van der Waals surface area (Å²) in [5.74, 6) is 1.30. The summed E-state index contributed by atoms with van der Waals surface area (Å²) < 4.78 is 1.56. The molecule has 2 aliphatic heterocycles. The fourth-order valence-corrected chi connectivity index (χ4v) is 6.55. The lowest BCUT2D eigenvalue weighted by atomic mass is 10.0. The van der Waals surface area contributed by atoms with Crippen molar-refractivity contribution in [1.29, 1.82) is 0 Å². The van der Waals surface area contributed by atoms with Crippen LogP contribution < -0.4 is 11.1 Å². The zero-order valence-corrected chi connectivity index (χ0v) is 23.0. The highest BCUT2D eigenvalue weighted by Crippen LogP contribution is 2.31. The molecule has 0 atom stereocenters. The highest BCUT2D eigenvalue weighted by molar-refractivity contribution is 5.68. The van der Waals surface area contributed by atoms with Crippen LogP contribution in [0.15, 0.2) is 54.6 Å². The quantitative estimate of drug-likeness (QED) is 0.370. The minimum absolute atomic E-state index is 0.278. The van der Waals surface area contributed by atoms with Crippen LogP contribution in [0.2, 0.25) is 0 Å². The number of fused-ring (bicyclic) bond motifs is 3. The van der Waals surface area contributed by atoms with Crippen molar-refractivity contribution in [2.45, 2.75) is 57.5 Å². The minimum Gasteiger partial charge on any atom is -0.368 e. The molecule has 2 aromatic heterocycles. The summed E-state index contributed by atoms with van der Waals surface area (Å²) in [4.78, 5) is 9.73. The van der Waals surface area contributed by atoms with E-state index in [1.807, 2.05) is 6.07 Å². The second-order valence-corrected chi connectivity index (χ2v) is 11.4. The van der Waals surface area contributed by atoms with Gasteiger partial charge < -0.3 is 16.0 Å². The molecule has 2 aromatic carbocycles. The number of nitrogens with zero attached hydrogens (tertiary/aromatic N) is 7. The van der Waals surface area contributed by atoms with Gasteiger partial charge in [0.2, 0.25) is 11.9 Å². The van der Waals surface area contributed by atoms with Crippen LogP contribution in [-0.2, 0) is 19.4 Å². The van der Waals surface area contributed by atoms with Crippen molar-refractivity contribution in [1.82, 2.24) is 34.8 Å². The van der Waals surface area contributed by atoms with Crippen molar-refractivity contribution in [3.8, 4) is 17.1 Å². The van der Waals surface area contributed by atoms with E-state index in [-0.39, 0.29) is 5.95 Å². The number of benzene rings is 2. The molecule has 0 unspecified atom stereocenters. The Morgan fingerprint density at radius 3 is 2.45 bits per heavy atom. The van der Waals surface area contributed by atoms with Gasteiger partial charge in [0.25, 0.3) is 0 Å². The third-order valence-corrected chi connectivity index (χ3v) is 8.70. The highest BCUT2D eigenvalue weighted by atomic mass is 15.4. The maximum atomic E-state index is 6.26. The lowest BCUT2D eigenvalue weighted by Crippen LogP contribution is -2.43. The lowest BCUT2D eigenvalue weighted by molar-refractivity contribution is 0.122. The summed E-state index contributed by atoms with van der Waals surface area (Å²) >= 11 is 0. The third-order valence-electron chi connectivity index (χ3n) is 8.70. The highest BCUT2D eigenvalue weighted by Gasteiger charge is 2.26. The molecule has 9 nitrogen and oxygen atoms in total. The van der Waals surface area contributed by atoms with Crippen molar-refractivity contribution >= 4 is 17.6 Å². The average Bonchev–Trinajstić information content (AvgIpc) is 3.61. The number of anilines is 3. The SMILES string of the molecule is Nc1nc(Nc2ccc(CN3CCC(N4CCCC4)CC3)cc2)nn1-c1cc2c(nn1)-c1ccccc1CCC2. The summed E-state index contributed by atoms with van der Waals surface area (Å²) in [5, 5.41) is 17.0. The number of rotatable bonds is 6. The van der Waals surface area contributed by atoms with Gasteiger partial charge in [0.15, 0.2) is 5.82 Å². The zero-order valence-electron chi connectivity index (χ0n) is 23.0. The first-order chi connectivity index (χ1) is 19.7. The van der Waals surface area contributed by atoms with E-state index in [0.29, 0.717) is 11.8 Å². The van der Waals surface area contributed by atoms with Crippen molar-refractivity contribution in [3.05, 3.63) is 71.3 Å². The van der Waals surface area contributed by atoms with Crippen LogP contribution in [0.4, 0.5) is 17.6 Å². The van der Waals surface area contributed by atoms with Crippen molar-refractivity contribution in [2.75, 3.05) is 37.2 Å². The van der Waals surface area contributed by atoms with Gasteiger partial charge >= 0.3 is 0 Å². The molecule has 4 heterocycles. The van der Waals surface area contributed by atoms with Gasteiger partial charge in [0.1, 0.15) is 0 Å². The number of hydrogen-bond donors (Lipinski definition) is 2. The second-order valence-electron chi connectivity index (χ2n) is 11.4. The summed E-state index contributed by atoms with van der Waals surface area (Å²) in [5.41, 5.74) is 13.1. The monoisotopic (exact) mass is 535 g/mol. The molecule has 7 rings (SSSR count). The molecular weight excluding hydrogens is 498 g/mol. The Bertz CT molecular complexity index is 1460. The summed E-state index contributed by atoms with van der Waals surface area (Å²) in [7, 11) is 0. The van der Waals surface area contributed by atoms with Crippen molar-refractivity contribution in [3.63, 3.8) is 0 Å². The van der Waals surface area contributed by atoms with E-state index in [1.165, 1.54) is 63.0 Å². The Labute approximate surface area is 235 Å². The molecule has 0 amide bonds. The Hall–Kier alpha value is -3.82. The van der Waals surface area contributed by atoms with Crippen molar-refractivity contribution < 1.29 is 0 Å². The Balaban J connectivity index is 0.999. The first-order valence-corrected chi connectivity index (χ1v) is 14.7. The Morgan fingerprint density at radius 2 is 1.62 bits per heavy atom. The average molecular weight is 536 g/mol. The predicted octanol–water partition coefficient (Wildman–Crippen LogP) is 4.60. The van der Waals surface area contributed by atoms with Crippen LogP contribution >= 0.6 is 0 Å². The van der Waals surface area contributed by atoms with Gasteiger partial charge in [0, 0.05) is 23.8 Å². The summed E-state index contributed by atoms with van der Waals surface area (Å²) in [6.45, 7) is 5.95. The Kier molecular flexibility index (Phi) is 6.91. The molecular formula is C31H37N9. The number of nitrogens with one attached hydrogen (secondary N) is 1. The maximum Gasteiger partial charge on any atom is 0.248 e. The molecule has 9 heteroatoms. The molecule has 206 valence electrons. The smallest absolute Gasteiger partial charge is 0.248 e. The summed E-state index contributed by atoms with van der Waals surface area (Å²) in [6, 6.07) is 19.8. The van der Waals surface area contributed by atoms with Crippen LogP contribution in [-0.4, -0.2) is 67.0 Å². The predicted molar refractivity (Wildman–Crippen MR) is 158 cm³/mol. The van der Waals surface area contributed by atoms with E-state index >= 15 is 0 Å².